The molecule has 2 aromatic rings. The fourth-order valence-electron chi connectivity index (χ4n) is 2.52. The van der Waals surface area contributed by atoms with Crippen LogP contribution in [0.4, 0.5) is 27.5 Å². The number of piperazine rings is 1. The number of hydrogen-bond acceptors (Lipinski definition) is 5. The number of carbonyl (C=O) groups excluding carboxylic acids is 1. The number of nitrogens with one attached hydrogen (secondary N) is 1. The molecule has 0 aliphatic carbocycles. The summed E-state index contributed by atoms with van der Waals surface area (Å²) in [4.78, 5) is 16.7. The van der Waals surface area contributed by atoms with Gasteiger partial charge < -0.3 is 4.90 Å². The van der Waals surface area contributed by atoms with Crippen LogP contribution in [-0.2, 0) is 16.2 Å². The number of hydrogen-bond donors (Lipinski definition) is 1. The van der Waals surface area contributed by atoms with E-state index in [0.717, 1.165) is 34.0 Å². The van der Waals surface area contributed by atoms with Crippen LogP contribution in [0.1, 0.15) is 5.69 Å². The number of nitrogens with zero attached hydrogens (tertiary/aromatic N) is 3. The largest absolute Gasteiger partial charge is 0.434 e. The number of benzene rings is 1. The Bertz CT molecular complexity index is 952. The molecule has 0 radical (unpaired) electrons. The molecule has 0 unspecified atom stereocenters. The first-order valence-corrected chi connectivity index (χ1v) is 10.2. The van der Waals surface area contributed by atoms with E-state index < -0.39 is 33.7 Å². The summed E-state index contributed by atoms with van der Waals surface area (Å²) in [6.45, 7) is 0.0884. The van der Waals surface area contributed by atoms with Gasteiger partial charge in [0.05, 0.1) is 4.90 Å². The Hall–Kier alpha value is -2.25. The Morgan fingerprint density at radius 1 is 1.11 bits per heavy atom. The topological polar surface area (TPSA) is 82.6 Å². The quantitative estimate of drug-likeness (QED) is 0.748. The van der Waals surface area contributed by atoms with Crippen molar-refractivity contribution in [2.45, 2.75) is 11.1 Å². The summed E-state index contributed by atoms with van der Waals surface area (Å²) in [5.74, 6) is -0.559. The molecule has 152 valence electrons. The number of thiazole rings is 1. The van der Waals surface area contributed by atoms with Crippen LogP contribution in [0.5, 0.6) is 0 Å². The van der Waals surface area contributed by atoms with Crippen LogP contribution < -0.4 is 5.32 Å². The van der Waals surface area contributed by atoms with Gasteiger partial charge in [-0.1, -0.05) is 0 Å². The number of aromatic nitrogens is 1. The maximum Gasteiger partial charge on any atom is 0.434 e. The molecule has 1 aliphatic heterocycles. The van der Waals surface area contributed by atoms with Gasteiger partial charge in [0, 0.05) is 31.6 Å². The maximum absolute atomic E-state index is 13.0. The van der Waals surface area contributed by atoms with Crippen molar-refractivity contribution in [2.24, 2.45) is 0 Å². The molecule has 0 saturated carbocycles. The van der Waals surface area contributed by atoms with Gasteiger partial charge >= 0.3 is 12.2 Å². The van der Waals surface area contributed by atoms with Crippen LogP contribution in [0.3, 0.4) is 0 Å². The summed E-state index contributed by atoms with van der Waals surface area (Å²) < 4.78 is 76.8. The smallest absolute Gasteiger partial charge is 0.322 e. The zero-order valence-electron chi connectivity index (χ0n) is 14.1. The van der Waals surface area contributed by atoms with E-state index in [0.29, 0.717) is 11.3 Å². The van der Waals surface area contributed by atoms with Crippen molar-refractivity contribution < 1.29 is 30.8 Å². The summed E-state index contributed by atoms with van der Waals surface area (Å²) >= 11 is 0.645. The molecule has 1 aromatic heterocycles. The van der Waals surface area contributed by atoms with E-state index in [1.54, 1.807) is 0 Å². The molecule has 0 atom stereocenters. The van der Waals surface area contributed by atoms with Gasteiger partial charge in [-0.2, -0.15) is 17.5 Å². The number of urea groups is 1. The molecular formula is C15H14F4N4O3S2. The van der Waals surface area contributed by atoms with Gasteiger partial charge in [-0.15, -0.1) is 11.3 Å². The molecule has 1 N–H and O–H groups in total. The average Bonchev–Trinajstić information content (AvgIpc) is 3.11. The highest BCUT2D eigenvalue weighted by molar-refractivity contribution is 7.89. The van der Waals surface area contributed by atoms with E-state index in [2.05, 4.69) is 10.3 Å². The highest BCUT2D eigenvalue weighted by Gasteiger charge is 2.34. The third kappa shape index (κ3) is 4.42. The van der Waals surface area contributed by atoms with Gasteiger partial charge in [0.15, 0.2) is 10.8 Å². The fraction of sp³-hybridized carbons (Fsp3) is 0.333. The Balaban J connectivity index is 1.59. The predicted molar refractivity (Wildman–Crippen MR) is 92.9 cm³/mol. The van der Waals surface area contributed by atoms with Crippen molar-refractivity contribution in [2.75, 3.05) is 31.5 Å². The van der Waals surface area contributed by atoms with Crippen molar-refractivity contribution in [1.29, 1.82) is 0 Å². The third-order valence-corrected chi connectivity index (χ3v) is 6.66. The van der Waals surface area contributed by atoms with E-state index in [1.165, 1.54) is 4.90 Å². The number of anilines is 1. The first-order valence-electron chi connectivity index (χ1n) is 7.92. The number of halogens is 4. The molecule has 13 heteroatoms. The van der Waals surface area contributed by atoms with Crippen molar-refractivity contribution in [1.82, 2.24) is 14.2 Å². The molecule has 1 saturated heterocycles. The molecule has 3 rings (SSSR count). The Morgan fingerprint density at radius 2 is 1.71 bits per heavy atom. The maximum atomic E-state index is 13.0. The minimum absolute atomic E-state index is 0.00119. The Kier molecular flexibility index (Phi) is 5.59. The second kappa shape index (κ2) is 7.64. The molecule has 2 amide bonds. The zero-order valence-corrected chi connectivity index (χ0v) is 15.7. The Morgan fingerprint density at radius 3 is 2.25 bits per heavy atom. The van der Waals surface area contributed by atoms with E-state index >= 15 is 0 Å². The van der Waals surface area contributed by atoms with Crippen LogP contribution in [0.15, 0.2) is 34.5 Å². The van der Waals surface area contributed by atoms with Crippen molar-refractivity contribution in [3.63, 3.8) is 0 Å². The van der Waals surface area contributed by atoms with Gasteiger partial charge in [0.25, 0.3) is 0 Å². The fourth-order valence-corrected chi connectivity index (χ4v) is 4.65. The molecule has 7 nitrogen and oxygen atoms in total. The van der Waals surface area contributed by atoms with Gasteiger partial charge in [0.1, 0.15) is 5.82 Å². The van der Waals surface area contributed by atoms with Gasteiger partial charge in [-0.3, -0.25) is 5.32 Å². The van der Waals surface area contributed by atoms with Gasteiger partial charge in [-0.05, 0) is 24.3 Å². The second-order valence-corrected chi connectivity index (χ2v) is 8.61. The molecule has 1 aromatic carbocycles. The molecule has 0 spiro atoms. The van der Waals surface area contributed by atoms with Crippen LogP contribution in [-0.4, -0.2) is 54.8 Å². The number of alkyl halides is 3. The van der Waals surface area contributed by atoms with Gasteiger partial charge in [0.2, 0.25) is 10.0 Å². The summed E-state index contributed by atoms with van der Waals surface area (Å²) in [5, 5.41) is 2.88. The van der Waals surface area contributed by atoms with Crippen molar-refractivity contribution in [3.05, 3.63) is 41.2 Å². The number of rotatable bonds is 3. The molecule has 1 fully saturated rings. The highest BCUT2D eigenvalue weighted by Crippen LogP contribution is 2.31. The number of carbonyl (C=O) groups is 1. The molecule has 28 heavy (non-hydrogen) atoms. The number of sulfonamides is 1. The summed E-state index contributed by atoms with van der Waals surface area (Å²) in [6.07, 6.45) is -4.60. The lowest BCUT2D eigenvalue weighted by molar-refractivity contribution is -0.140. The minimum Gasteiger partial charge on any atom is -0.322 e. The van der Waals surface area contributed by atoms with E-state index in [1.807, 2.05) is 0 Å². The molecular weight excluding hydrogens is 424 g/mol. The first-order chi connectivity index (χ1) is 13.1. The SMILES string of the molecule is O=C(Nc1nc(C(F)(F)F)cs1)N1CCN(S(=O)(=O)c2ccc(F)cc2)CC1. The average molecular weight is 438 g/mol. The zero-order chi connectivity index (χ0) is 20.5. The highest BCUT2D eigenvalue weighted by atomic mass is 32.2. The van der Waals surface area contributed by atoms with E-state index in [4.69, 9.17) is 0 Å². The summed E-state index contributed by atoms with van der Waals surface area (Å²) in [7, 11) is -3.83. The normalized spacial score (nSPS) is 16.2. The van der Waals surface area contributed by atoms with Crippen molar-refractivity contribution >= 4 is 32.5 Å². The predicted octanol–water partition coefficient (Wildman–Crippen LogP) is 2.84. The lowest BCUT2D eigenvalue weighted by Crippen LogP contribution is -2.51. The van der Waals surface area contributed by atoms with Crippen molar-refractivity contribution in [3.8, 4) is 0 Å². The molecule has 2 heterocycles. The lowest BCUT2D eigenvalue weighted by Gasteiger charge is -2.33. The number of amides is 2. The van der Waals surface area contributed by atoms with Crippen LogP contribution >= 0.6 is 11.3 Å². The van der Waals surface area contributed by atoms with E-state index in [9.17, 15) is 30.8 Å². The lowest BCUT2D eigenvalue weighted by atomic mass is 10.4. The summed E-state index contributed by atoms with van der Waals surface area (Å²) in [6, 6.07) is 3.73. The first kappa shape index (κ1) is 20.5. The standard InChI is InChI=1S/C15H14F4N4O3S2/c16-10-1-3-11(4-2-10)28(25,26)23-7-5-22(6-8-23)14(24)21-13-20-12(9-27-13)15(17,18)19/h1-4,9H,5-8H2,(H,20,21,24). The second-order valence-electron chi connectivity index (χ2n) is 5.81. The molecule has 0 bridgehead atoms. The monoisotopic (exact) mass is 438 g/mol. The third-order valence-electron chi connectivity index (χ3n) is 3.99. The van der Waals surface area contributed by atoms with Crippen LogP contribution in [0, 0.1) is 5.82 Å². The Labute approximate surface area is 161 Å². The van der Waals surface area contributed by atoms with E-state index in [-0.39, 0.29) is 36.2 Å². The minimum atomic E-state index is -4.60. The van der Waals surface area contributed by atoms with Crippen LogP contribution in [0.2, 0.25) is 0 Å². The summed E-state index contributed by atoms with van der Waals surface area (Å²) in [5.41, 5.74) is -1.09. The van der Waals surface area contributed by atoms with Gasteiger partial charge in [-0.25, -0.2) is 22.6 Å². The van der Waals surface area contributed by atoms with Crippen LogP contribution in [0.25, 0.3) is 0 Å². The molecule has 1 aliphatic rings.